The van der Waals surface area contributed by atoms with Crippen LogP contribution in [-0.2, 0) is 0 Å². The topological polar surface area (TPSA) is 41.0 Å². The molecule has 0 spiro atoms. The Morgan fingerprint density at radius 2 is 2.00 bits per heavy atom. The van der Waals surface area contributed by atoms with Gasteiger partial charge in [0.15, 0.2) is 0 Å². The van der Waals surface area contributed by atoms with Crippen molar-refractivity contribution in [2.45, 2.75) is 27.2 Å². The van der Waals surface area contributed by atoms with Gasteiger partial charge in [0.1, 0.15) is 11.6 Å². The molecule has 0 unspecified atom stereocenters. The van der Waals surface area contributed by atoms with Gasteiger partial charge in [-0.25, -0.2) is 9.97 Å². The number of aromatic nitrogens is 2. The highest BCUT2D eigenvalue weighted by molar-refractivity contribution is 5.39. The van der Waals surface area contributed by atoms with Gasteiger partial charge in [0.25, 0.3) is 0 Å². The van der Waals surface area contributed by atoms with Gasteiger partial charge >= 0.3 is 0 Å². The fourth-order valence-electron chi connectivity index (χ4n) is 1.72. The molecule has 1 N–H and O–H groups in total. The summed E-state index contributed by atoms with van der Waals surface area (Å²) in [6.45, 7) is 9.15. The summed E-state index contributed by atoms with van der Waals surface area (Å²) in [6, 6.07) is 2.05. The van der Waals surface area contributed by atoms with E-state index in [-0.39, 0.29) is 0 Å². The Balaban J connectivity index is 2.82. The molecule has 0 saturated heterocycles. The Hall–Kier alpha value is -1.16. The molecule has 0 saturated carbocycles. The van der Waals surface area contributed by atoms with Crippen LogP contribution < -0.4 is 10.2 Å². The molecule has 90 valence electrons. The van der Waals surface area contributed by atoms with Crippen molar-refractivity contribution in [1.82, 2.24) is 15.3 Å². The third-order valence-corrected chi connectivity index (χ3v) is 2.40. The lowest BCUT2D eigenvalue weighted by atomic mass is 10.3. The van der Waals surface area contributed by atoms with Crippen LogP contribution >= 0.6 is 0 Å². The van der Waals surface area contributed by atoms with Crippen molar-refractivity contribution in [3.63, 3.8) is 0 Å². The molecular weight excluding hydrogens is 200 g/mol. The molecule has 0 aliphatic carbocycles. The fourth-order valence-corrected chi connectivity index (χ4v) is 1.72. The molecule has 0 fully saturated rings. The molecule has 0 aromatic carbocycles. The first kappa shape index (κ1) is 12.9. The Kier molecular flexibility index (Phi) is 5.19. The monoisotopic (exact) mass is 222 g/mol. The standard InChI is InChI=1S/C12H22N4/c1-5-7-16(8-6-13-4)12-9-10(2)14-11(3)15-12/h9,13H,5-8H2,1-4H3. The Morgan fingerprint density at radius 1 is 1.25 bits per heavy atom. The van der Waals surface area contributed by atoms with Crippen LogP contribution in [0.4, 0.5) is 5.82 Å². The average molecular weight is 222 g/mol. The number of anilines is 1. The molecule has 1 aromatic rings. The molecule has 0 atom stereocenters. The zero-order chi connectivity index (χ0) is 12.0. The van der Waals surface area contributed by atoms with Gasteiger partial charge in [-0.3, -0.25) is 0 Å². The summed E-state index contributed by atoms with van der Waals surface area (Å²) in [5.74, 6) is 1.89. The van der Waals surface area contributed by atoms with Crippen molar-refractivity contribution in [3.8, 4) is 0 Å². The van der Waals surface area contributed by atoms with Crippen molar-refractivity contribution in [2.75, 3.05) is 31.6 Å². The molecule has 0 aliphatic heterocycles. The molecule has 4 nitrogen and oxygen atoms in total. The maximum Gasteiger partial charge on any atom is 0.132 e. The van der Waals surface area contributed by atoms with Crippen LogP contribution in [0.25, 0.3) is 0 Å². The quantitative estimate of drug-likeness (QED) is 0.792. The molecule has 4 heteroatoms. The van der Waals surface area contributed by atoms with E-state index >= 15 is 0 Å². The zero-order valence-electron chi connectivity index (χ0n) is 10.7. The molecule has 1 aromatic heterocycles. The van der Waals surface area contributed by atoms with Crippen LogP contribution in [0.5, 0.6) is 0 Å². The van der Waals surface area contributed by atoms with E-state index in [1.54, 1.807) is 0 Å². The third-order valence-electron chi connectivity index (χ3n) is 2.40. The van der Waals surface area contributed by atoms with Crippen molar-refractivity contribution >= 4 is 5.82 Å². The van der Waals surface area contributed by atoms with Crippen LogP contribution in [0.3, 0.4) is 0 Å². The molecule has 0 amide bonds. The van der Waals surface area contributed by atoms with E-state index in [4.69, 9.17) is 0 Å². The fraction of sp³-hybridized carbons (Fsp3) is 0.667. The number of hydrogen-bond acceptors (Lipinski definition) is 4. The van der Waals surface area contributed by atoms with Crippen LogP contribution in [0.1, 0.15) is 24.9 Å². The average Bonchev–Trinajstić information content (AvgIpc) is 2.22. The summed E-state index contributed by atoms with van der Waals surface area (Å²) in [7, 11) is 1.97. The lowest BCUT2D eigenvalue weighted by Crippen LogP contribution is -2.32. The number of rotatable bonds is 6. The lowest BCUT2D eigenvalue weighted by molar-refractivity contribution is 0.699. The van der Waals surface area contributed by atoms with E-state index in [9.17, 15) is 0 Å². The van der Waals surface area contributed by atoms with Crippen LogP contribution in [-0.4, -0.2) is 36.6 Å². The normalized spacial score (nSPS) is 10.5. The van der Waals surface area contributed by atoms with E-state index in [0.717, 1.165) is 43.4 Å². The highest BCUT2D eigenvalue weighted by Crippen LogP contribution is 2.12. The first-order valence-corrected chi connectivity index (χ1v) is 5.89. The third kappa shape index (κ3) is 3.77. The smallest absolute Gasteiger partial charge is 0.132 e. The van der Waals surface area contributed by atoms with Crippen LogP contribution in [0, 0.1) is 13.8 Å². The summed E-state index contributed by atoms with van der Waals surface area (Å²) < 4.78 is 0. The van der Waals surface area contributed by atoms with Crippen LogP contribution in [0.2, 0.25) is 0 Å². The second-order valence-electron chi connectivity index (χ2n) is 4.01. The Morgan fingerprint density at radius 3 is 2.56 bits per heavy atom. The van der Waals surface area contributed by atoms with Gasteiger partial charge in [-0.05, 0) is 27.3 Å². The van der Waals surface area contributed by atoms with Gasteiger partial charge in [0.05, 0.1) is 0 Å². The van der Waals surface area contributed by atoms with Gasteiger partial charge in [-0.15, -0.1) is 0 Å². The predicted octanol–water partition coefficient (Wildman–Crippen LogP) is 1.53. The molecular formula is C12H22N4. The lowest BCUT2D eigenvalue weighted by Gasteiger charge is -2.23. The number of nitrogens with zero attached hydrogens (tertiary/aromatic N) is 3. The number of nitrogens with one attached hydrogen (secondary N) is 1. The molecule has 1 rings (SSSR count). The SMILES string of the molecule is CCCN(CCNC)c1cc(C)nc(C)n1. The number of aryl methyl sites for hydroxylation is 2. The minimum atomic E-state index is 0.848. The first-order chi connectivity index (χ1) is 7.67. The second-order valence-corrected chi connectivity index (χ2v) is 4.01. The van der Waals surface area contributed by atoms with Gasteiger partial charge in [0, 0.05) is 31.4 Å². The summed E-state index contributed by atoms with van der Waals surface area (Å²) in [5.41, 5.74) is 1.04. The molecule has 0 radical (unpaired) electrons. The highest BCUT2D eigenvalue weighted by Gasteiger charge is 2.07. The summed E-state index contributed by atoms with van der Waals surface area (Å²) in [4.78, 5) is 11.1. The van der Waals surface area contributed by atoms with Crippen molar-refractivity contribution in [1.29, 1.82) is 0 Å². The molecule has 0 bridgehead atoms. The van der Waals surface area contributed by atoms with E-state index < -0.39 is 0 Å². The first-order valence-electron chi connectivity index (χ1n) is 5.89. The molecule has 16 heavy (non-hydrogen) atoms. The zero-order valence-corrected chi connectivity index (χ0v) is 10.7. The van der Waals surface area contributed by atoms with Crippen molar-refractivity contribution in [3.05, 3.63) is 17.6 Å². The Bertz CT molecular complexity index is 305. The van der Waals surface area contributed by atoms with Crippen molar-refractivity contribution < 1.29 is 0 Å². The minimum Gasteiger partial charge on any atom is -0.355 e. The maximum absolute atomic E-state index is 4.49. The second kappa shape index (κ2) is 6.43. The van der Waals surface area contributed by atoms with E-state index in [1.807, 2.05) is 20.9 Å². The molecule has 0 aliphatic rings. The van der Waals surface area contributed by atoms with Crippen molar-refractivity contribution in [2.24, 2.45) is 0 Å². The summed E-state index contributed by atoms with van der Waals surface area (Å²) >= 11 is 0. The highest BCUT2D eigenvalue weighted by atomic mass is 15.2. The minimum absolute atomic E-state index is 0.848. The Labute approximate surface area is 98.1 Å². The van der Waals surface area contributed by atoms with E-state index in [2.05, 4.69) is 33.2 Å². The number of likely N-dealkylation sites (N-methyl/N-ethyl adjacent to an activating group) is 1. The van der Waals surface area contributed by atoms with Crippen LogP contribution in [0.15, 0.2) is 6.07 Å². The van der Waals surface area contributed by atoms with Gasteiger partial charge in [0.2, 0.25) is 0 Å². The number of hydrogen-bond donors (Lipinski definition) is 1. The van der Waals surface area contributed by atoms with E-state index in [0.29, 0.717) is 0 Å². The summed E-state index contributed by atoms with van der Waals surface area (Å²) in [5, 5.41) is 3.17. The maximum atomic E-state index is 4.49. The molecule has 1 heterocycles. The predicted molar refractivity (Wildman–Crippen MR) is 67.9 cm³/mol. The van der Waals surface area contributed by atoms with Gasteiger partial charge < -0.3 is 10.2 Å². The largest absolute Gasteiger partial charge is 0.355 e. The van der Waals surface area contributed by atoms with Gasteiger partial charge in [-0.2, -0.15) is 0 Å². The van der Waals surface area contributed by atoms with E-state index in [1.165, 1.54) is 0 Å². The van der Waals surface area contributed by atoms with Gasteiger partial charge in [-0.1, -0.05) is 6.92 Å². The summed E-state index contributed by atoms with van der Waals surface area (Å²) in [6.07, 6.45) is 1.13.